The van der Waals surface area contributed by atoms with Gasteiger partial charge in [-0.05, 0) is 158 Å². The largest absolute Gasteiger partial charge is 0.507 e. The van der Waals surface area contributed by atoms with E-state index in [9.17, 15) is 37.9 Å². The highest BCUT2D eigenvalue weighted by Gasteiger charge is 2.32. The Morgan fingerprint density at radius 2 is 1.15 bits per heavy atom. The number of aromatic hydroxyl groups is 2. The molecule has 2 aliphatic rings. The average Bonchev–Trinajstić information content (AvgIpc) is 0.756. The molecule has 6 aromatic carbocycles. The van der Waals surface area contributed by atoms with Crippen LogP contribution in [0.2, 0.25) is 0 Å². The molecule has 496 valence electrons. The molecule has 6 aromatic rings. The number of carboxylic acids is 1. The molecule has 1 amide bonds. The van der Waals surface area contributed by atoms with Crippen LogP contribution in [0.5, 0.6) is 17.2 Å². The van der Waals surface area contributed by atoms with E-state index in [1.165, 1.54) is 12.1 Å². The van der Waals surface area contributed by atoms with Gasteiger partial charge in [-0.3, -0.25) is 9.35 Å². The van der Waals surface area contributed by atoms with Gasteiger partial charge in [0, 0.05) is 145 Å². The van der Waals surface area contributed by atoms with Gasteiger partial charge in [0.1, 0.15) is 46.6 Å². The molecule has 18 nitrogen and oxygen atoms in total. The van der Waals surface area contributed by atoms with E-state index in [4.69, 9.17) is 18.6 Å². The van der Waals surface area contributed by atoms with Gasteiger partial charge in [0.15, 0.2) is 6.61 Å². The number of carboxylic acid groups (broad SMARTS) is 1. The summed E-state index contributed by atoms with van der Waals surface area (Å²) >= 11 is 0. The third-order valence-electron chi connectivity index (χ3n) is 16.6. The lowest BCUT2D eigenvalue weighted by Gasteiger charge is -2.26. The number of nitrogens with zero attached hydrogens (tertiary/aromatic N) is 4. The number of aliphatic carboxylic acids is 1. The first-order valence-electron chi connectivity index (χ1n) is 32.2. The molecule has 0 spiro atoms. The van der Waals surface area contributed by atoms with Crippen LogP contribution in [0.3, 0.4) is 0 Å². The predicted molar refractivity (Wildman–Crippen MR) is 365 cm³/mol. The van der Waals surface area contributed by atoms with Crippen molar-refractivity contribution in [2.24, 2.45) is 0 Å². The first-order chi connectivity index (χ1) is 44.6. The lowest BCUT2D eigenvalue weighted by molar-refractivity contribution is -0.139. The van der Waals surface area contributed by atoms with Crippen molar-refractivity contribution in [3.05, 3.63) is 160 Å². The van der Waals surface area contributed by atoms with Gasteiger partial charge >= 0.3 is 5.97 Å². The van der Waals surface area contributed by atoms with Crippen LogP contribution in [0.4, 0.5) is 5.69 Å². The summed E-state index contributed by atoms with van der Waals surface area (Å²) in [6.07, 6.45) is 4.30. The molecule has 0 atom stereocenters. The van der Waals surface area contributed by atoms with Crippen molar-refractivity contribution in [3.8, 4) is 62.0 Å². The fraction of sp³-hybridized carbons (Fsp3) is 0.384. The molecule has 0 fully saturated rings. The molecule has 0 aromatic heterocycles. The van der Waals surface area contributed by atoms with Gasteiger partial charge in [0.25, 0.3) is 16.0 Å². The zero-order valence-corrected chi connectivity index (χ0v) is 56.6. The van der Waals surface area contributed by atoms with Crippen molar-refractivity contribution in [1.29, 1.82) is 0 Å². The monoisotopic (exact) mass is 1310 g/mol. The Hall–Kier alpha value is -8.11. The van der Waals surface area contributed by atoms with Gasteiger partial charge in [0.2, 0.25) is 15.4 Å². The minimum Gasteiger partial charge on any atom is -0.507 e. The summed E-state index contributed by atoms with van der Waals surface area (Å²) in [7, 11) is -9.90. The van der Waals surface area contributed by atoms with Crippen LogP contribution >= 0.6 is 0 Å². The Bertz CT molecular complexity index is 4220. The highest BCUT2D eigenvalue weighted by Crippen LogP contribution is 2.49. The highest BCUT2D eigenvalue weighted by molar-refractivity contribution is 7.89. The molecular weight excluding hydrogens is 1220 g/mol. The molecule has 1 aliphatic carbocycles. The first kappa shape index (κ1) is 70.8. The normalized spacial score (nSPS) is 11.9. The molecular formula is C73H89N4O14S2+. The quantitative estimate of drug-likeness (QED) is 0.0130. The van der Waals surface area contributed by atoms with Gasteiger partial charge in [-0.15, -0.1) is 0 Å². The smallest absolute Gasteiger partial charge is 0.341 e. The number of anilines is 1. The van der Waals surface area contributed by atoms with Crippen molar-refractivity contribution < 1.29 is 64.9 Å². The lowest BCUT2D eigenvalue weighted by Crippen LogP contribution is -2.32. The maximum absolute atomic E-state index is 15.5. The third kappa shape index (κ3) is 17.0. The van der Waals surface area contributed by atoms with Crippen LogP contribution in [0.1, 0.15) is 118 Å². The molecule has 1 aliphatic heterocycles. The van der Waals surface area contributed by atoms with E-state index in [1.54, 1.807) is 79.4 Å². The second kappa shape index (κ2) is 32.2. The minimum atomic E-state index is -5.17. The van der Waals surface area contributed by atoms with Crippen molar-refractivity contribution in [2.45, 2.75) is 124 Å². The number of phenolic OH excluding ortho intramolecular Hbond substituents is 2. The molecule has 0 radical (unpaired) electrons. The van der Waals surface area contributed by atoms with Crippen molar-refractivity contribution in [1.82, 2.24) is 13.8 Å². The molecule has 0 saturated heterocycles. The number of phenols is 2. The number of carbonyl (C=O) groups excluding carboxylic acids is 1. The van der Waals surface area contributed by atoms with Crippen molar-refractivity contribution in [2.75, 3.05) is 77.2 Å². The SMILES string of the molecule is CCCCOCCCN(Cc1cc(C)cc(-c2cc(C)cc(-c3cc(C)cc(CN(CCCOCCCC)S(=O)(=O)c4ccc(-c5c6ccc(=[N+](CC)CC)cc-6oc6cc(N(CC)CC)ccc56)c(S(=O)(=O)O)c4)c3O)c2OCC(=O)O)c1O)C(=O)c1ccccc1. The second-order valence-electron chi connectivity index (χ2n) is 23.4. The Balaban J connectivity index is 1.24. The standard InChI is InChI=1S/C73H88N4O14S2/c1-10-16-33-88-35-21-31-76(73(82)52-23-19-18-20-24-52)46-53-37-49(7)39-61(70(53)80)63-41-51(9)42-64(72(63)90-48-68(78)79)62-40-50(8)38-54(71(62)81)47-77(32-22-36-89-34-17-11-2)92(83,84)57-27-30-60(67(45-57)93(85,86)87)69-58-28-25-55(74(12-3)13-4)43-65(58)91-66-44-56(26-29-59(66)69)75(14-5)15-6/h18-20,23-30,37-45H,10-17,21-22,31-36,46-48H2,1-9H3,(H3-,78,79,80,81,85,86,87)/p+1. The topological polar surface area (TPSA) is 237 Å². The van der Waals surface area contributed by atoms with Crippen LogP contribution in [0.15, 0.2) is 136 Å². The lowest BCUT2D eigenvalue weighted by atomic mass is 9.90. The molecule has 0 saturated carbocycles. The molecule has 8 rings (SSSR count). The fourth-order valence-electron chi connectivity index (χ4n) is 11.9. The van der Waals surface area contributed by atoms with Crippen LogP contribution in [-0.4, -0.2) is 130 Å². The summed E-state index contributed by atoms with van der Waals surface area (Å²) in [6, 6.07) is 34.1. The first-order valence-corrected chi connectivity index (χ1v) is 35.0. The Morgan fingerprint density at radius 1 is 0.591 bits per heavy atom. The maximum atomic E-state index is 15.5. The van der Waals surface area contributed by atoms with Gasteiger partial charge in [-0.2, -0.15) is 12.7 Å². The number of benzene rings is 7. The molecule has 93 heavy (non-hydrogen) atoms. The number of hydrogen-bond acceptors (Lipinski definition) is 13. The van der Waals surface area contributed by atoms with Crippen LogP contribution in [0.25, 0.3) is 55.7 Å². The third-order valence-corrected chi connectivity index (χ3v) is 19.4. The number of rotatable bonds is 33. The van der Waals surface area contributed by atoms with Gasteiger partial charge < -0.3 is 43.7 Å². The summed E-state index contributed by atoms with van der Waals surface area (Å²) in [4.78, 5) is 29.3. The van der Waals surface area contributed by atoms with E-state index in [-0.39, 0.29) is 82.7 Å². The van der Waals surface area contributed by atoms with Crippen molar-refractivity contribution >= 4 is 48.7 Å². The molecule has 4 N–H and O–H groups in total. The summed E-state index contributed by atoms with van der Waals surface area (Å²) in [5.41, 5.74) is 6.15. The van der Waals surface area contributed by atoms with E-state index >= 15 is 8.42 Å². The highest BCUT2D eigenvalue weighted by atomic mass is 32.2. The number of hydrogen-bond donors (Lipinski definition) is 4. The Morgan fingerprint density at radius 3 is 1.72 bits per heavy atom. The summed E-state index contributed by atoms with van der Waals surface area (Å²) in [5, 5.41) is 36.6. The summed E-state index contributed by atoms with van der Waals surface area (Å²) < 4.78 is 98.0. The van der Waals surface area contributed by atoms with Gasteiger partial charge in [0.05, 0.1) is 11.0 Å². The zero-order valence-electron chi connectivity index (χ0n) is 55.0. The average molecular weight is 1310 g/mol. The van der Waals surface area contributed by atoms with E-state index in [0.29, 0.717) is 115 Å². The van der Waals surface area contributed by atoms with Crippen LogP contribution in [-0.2, 0) is 47.5 Å². The Labute approximate surface area is 547 Å². The number of sulfonamides is 1. The van der Waals surface area contributed by atoms with E-state index in [2.05, 4.69) is 16.4 Å². The summed E-state index contributed by atoms with van der Waals surface area (Å²) in [5.74, 6) is -1.66. The van der Waals surface area contributed by atoms with Crippen LogP contribution < -0.4 is 19.6 Å². The number of carbonyl (C=O) groups is 2. The van der Waals surface area contributed by atoms with Crippen molar-refractivity contribution in [3.63, 3.8) is 0 Å². The predicted octanol–water partition coefficient (Wildman–Crippen LogP) is 13.5. The zero-order chi connectivity index (χ0) is 67.1. The van der Waals surface area contributed by atoms with E-state index in [1.807, 2.05) is 84.0 Å². The minimum absolute atomic E-state index is 0.00371. The van der Waals surface area contributed by atoms with E-state index in [0.717, 1.165) is 47.1 Å². The number of unbranched alkanes of at least 4 members (excludes halogenated alkanes) is 2. The molecule has 0 bridgehead atoms. The Kier molecular flexibility index (Phi) is 24.5. The molecule has 0 unspecified atom stereocenters. The van der Waals surface area contributed by atoms with Crippen LogP contribution in [0, 0.1) is 20.8 Å². The second-order valence-corrected chi connectivity index (χ2v) is 26.7. The van der Waals surface area contributed by atoms with Gasteiger partial charge in [-0.1, -0.05) is 63.1 Å². The number of ether oxygens (including phenoxy) is 3. The fourth-order valence-corrected chi connectivity index (χ4v) is 14.2. The maximum Gasteiger partial charge on any atom is 0.341 e. The summed E-state index contributed by atoms with van der Waals surface area (Å²) in [6.45, 7) is 21.1. The number of aryl methyl sites for hydroxylation is 3. The molecule has 20 heteroatoms. The van der Waals surface area contributed by atoms with E-state index < -0.39 is 49.1 Å². The molecule has 1 heterocycles. The number of amides is 1. The number of fused-ring (bicyclic) bond motifs is 2. The van der Waals surface area contributed by atoms with Gasteiger partial charge in [-0.25, -0.2) is 17.8 Å².